The van der Waals surface area contributed by atoms with Gasteiger partial charge in [-0.3, -0.25) is 0 Å². The fourth-order valence-corrected chi connectivity index (χ4v) is 26.5. The molecule has 49 heavy (non-hydrogen) atoms. The van der Waals surface area contributed by atoms with Gasteiger partial charge in [0.25, 0.3) is 0 Å². The van der Waals surface area contributed by atoms with Crippen molar-refractivity contribution in [1.29, 1.82) is 0 Å². The molecule has 6 aromatic carbocycles. The Kier molecular flexibility index (Phi) is 7.22. The third-order valence-electron chi connectivity index (χ3n) is 11.5. The van der Waals surface area contributed by atoms with Gasteiger partial charge in [-0.15, -0.1) is 0 Å². The van der Waals surface area contributed by atoms with Crippen molar-refractivity contribution in [3.63, 3.8) is 0 Å². The zero-order chi connectivity index (χ0) is 30.7. The Labute approximate surface area is 303 Å². The van der Waals surface area contributed by atoms with Gasteiger partial charge in [0, 0.05) is 0 Å². The van der Waals surface area contributed by atoms with Crippen LogP contribution in [0.15, 0.2) is 158 Å². The molecular weight excluding hydrogens is 719 g/mol. The monoisotopic (exact) mass is 748 g/mol. The first-order valence-electron chi connectivity index (χ1n) is 16.9. The molecule has 11 rings (SSSR count). The van der Waals surface area contributed by atoms with Crippen molar-refractivity contribution < 1.29 is 45.1 Å². The van der Waals surface area contributed by atoms with E-state index in [1.165, 1.54) is 63.7 Å². The topological polar surface area (TPSA) is 9.86 Å². The summed E-state index contributed by atoms with van der Waals surface area (Å²) in [5.41, 5.74) is 17.3. The zero-order valence-electron chi connectivity index (χ0n) is 26.7. The maximum absolute atomic E-state index is 3.17. The molecule has 2 nitrogen and oxygen atoms in total. The van der Waals surface area contributed by atoms with E-state index in [9.17, 15) is 0 Å². The molecule has 0 N–H and O–H groups in total. The summed E-state index contributed by atoms with van der Waals surface area (Å²) in [5.74, 6) is 0. The molecule has 2 aromatic heterocycles. The first kappa shape index (κ1) is 30.9. The van der Waals surface area contributed by atoms with Gasteiger partial charge in [-0.1, -0.05) is 0 Å². The van der Waals surface area contributed by atoms with Crippen LogP contribution in [-0.2, 0) is 20.3 Å². The Morgan fingerprint density at radius 3 is 1.20 bits per heavy atom. The fourth-order valence-electron chi connectivity index (χ4n) is 9.64. The molecule has 2 aliphatic carbocycles. The first-order valence-corrected chi connectivity index (χ1v) is 23.2. The molecule has 1 fully saturated rings. The van der Waals surface area contributed by atoms with Crippen LogP contribution < -0.4 is 24.8 Å². The van der Waals surface area contributed by atoms with E-state index in [0.29, 0.717) is 7.25 Å². The number of nitrogens with zero attached hydrogens (tertiary/aromatic N) is 2. The summed E-state index contributed by atoms with van der Waals surface area (Å²) in [4.78, 5) is 0. The van der Waals surface area contributed by atoms with Crippen LogP contribution in [0.2, 0.25) is 8.26 Å². The molecule has 3 heterocycles. The molecule has 2 atom stereocenters. The van der Waals surface area contributed by atoms with Gasteiger partial charge in [0.15, 0.2) is 0 Å². The maximum atomic E-state index is 2.65. The van der Waals surface area contributed by atoms with Crippen LogP contribution in [0.1, 0.15) is 29.8 Å². The van der Waals surface area contributed by atoms with Gasteiger partial charge in [0.1, 0.15) is 0 Å². The number of rotatable bonds is 4. The summed E-state index contributed by atoms with van der Waals surface area (Å²) < 4.78 is 9.04. The minimum atomic E-state index is -3.17. The van der Waals surface area contributed by atoms with E-state index in [1.54, 1.807) is 22.5 Å². The second-order valence-corrected chi connectivity index (χ2v) is 25.0. The normalized spacial score (nSPS) is 16.8. The Morgan fingerprint density at radius 1 is 0.408 bits per heavy atom. The Bertz CT molecular complexity index is 2340. The van der Waals surface area contributed by atoms with Crippen molar-refractivity contribution in [2.45, 2.75) is 15.5 Å². The molecule has 0 bridgehead atoms. The van der Waals surface area contributed by atoms with E-state index >= 15 is 0 Å². The van der Waals surface area contributed by atoms with Gasteiger partial charge >= 0.3 is 281 Å². The standard InChI is InChI=1S/2C21H14N.C2H4.2ClH.Zr/c2*1-2-9-16(10-3-1)22-19-13-7-6-12-18(19)21-17-11-5-4-8-15(17)14-20(21)22;1-2;;;/h2*1-14H;1-2H2;2*1H;/q;;;;;+2/p-2. The number of fused-ring (bicyclic) bond motifs is 10. The quantitative estimate of drug-likeness (QED) is 0.228. The SMILES string of the molecule is [Cl-].[Cl-].c1ccc(-n2c3c(c4ccccc42)-c2ccccc2[CH]3[Zr+2]2([CH]3c4ccccc4-c4c3n(-c3ccccc3)c3ccccc43)[CH2][CH2]2)cc1. The number of hydrogen-bond acceptors (Lipinski definition) is 0. The van der Waals surface area contributed by atoms with Crippen LogP contribution in [0.5, 0.6) is 0 Å². The van der Waals surface area contributed by atoms with Crippen molar-refractivity contribution in [3.05, 3.63) is 180 Å². The van der Waals surface area contributed by atoms with Crippen molar-refractivity contribution in [1.82, 2.24) is 9.13 Å². The van der Waals surface area contributed by atoms with Crippen LogP contribution in [0.25, 0.3) is 55.4 Å². The summed E-state index contributed by atoms with van der Waals surface area (Å²) >= 11 is -3.17. The van der Waals surface area contributed by atoms with Crippen LogP contribution in [0, 0.1) is 0 Å². The molecule has 0 saturated carbocycles. The summed E-state index contributed by atoms with van der Waals surface area (Å²) in [5, 5.41) is 2.77. The summed E-state index contributed by atoms with van der Waals surface area (Å²) in [6, 6.07) is 59.4. The van der Waals surface area contributed by atoms with E-state index in [2.05, 4.69) is 167 Å². The average molecular weight is 751 g/mol. The van der Waals surface area contributed by atoms with Crippen LogP contribution >= 0.6 is 0 Å². The van der Waals surface area contributed by atoms with E-state index < -0.39 is 20.3 Å². The average Bonchev–Trinajstić information content (AvgIpc) is 3.43. The first-order chi connectivity index (χ1) is 23.4. The number of para-hydroxylation sites is 4. The Balaban J connectivity index is 0.00000162. The van der Waals surface area contributed by atoms with Crippen molar-refractivity contribution in [2.75, 3.05) is 0 Å². The predicted molar refractivity (Wildman–Crippen MR) is 191 cm³/mol. The number of aromatic nitrogens is 2. The van der Waals surface area contributed by atoms with Gasteiger partial charge in [-0.25, -0.2) is 0 Å². The number of halogens is 2. The zero-order valence-corrected chi connectivity index (χ0v) is 30.7. The molecular formula is C44H32Cl2N2Zr. The van der Waals surface area contributed by atoms with Crippen molar-refractivity contribution >= 4 is 21.8 Å². The number of hydrogen-bond donors (Lipinski definition) is 0. The van der Waals surface area contributed by atoms with E-state index in [0.717, 1.165) is 0 Å². The van der Waals surface area contributed by atoms with Crippen LogP contribution in [0.3, 0.4) is 0 Å². The van der Waals surface area contributed by atoms with Gasteiger partial charge in [0.2, 0.25) is 0 Å². The molecule has 236 valence electrons. The Morgan fingerprint density at radius 2 is 0.776 bits per heavy atom. The molecule has 8 aromatic rings. The van der Waals surface area contributed by atoms with E-state index in [-0.39, 0.29) is 24.8 Å². The number of benzene rings is 6. The minimum absolute atomic E-state index is 0. The van der Waals surface area contributed by atoms with Gasteiger partial charge < -0.3 is 24.8 Å². The van der Waals surface area contributed by atoms with Gasteiger partial charge in [-0.2, -0.15) is 0 Å². The summed E-state index contributed by atoms with van der Waals surface area (Å²) in [7, 11) is 0. The second kappa shape index (κ2) is 11.5. The van der Waals surface area contributed by atoms with Crippen molar-refractivity contribution in [3.8, 4) is 33.6 Å². The summed E-state index contributed by atoms with van der Waals surface area (Å²) in [6.07, 6.45) is 0. The molecule has 2 unspecified atom stereocenters. The van der Waals surface area contributed by atoms with E-state index in [4.69, 9.17) is 0 Å². The third kappa shape index (κ3) is 4.10. The molecule has 1 aliphatic heterocycles. The van der Waals surface area contributed by atoms with Gasteiger partial charge in [0.05, 0.1) is 0 Å². The van der Waals surface area contributed by atoms with E-state index in [1.807, 2.05) is 0 Å². The summed E-state index contributed by atoms with van der Waals surface area (Å²) in [6.45, 7) is 0. The molecule has 0 radical (unpaired) electrons. The van der Waals surface area contributed by atoms with Crippen LogP contribution in [0.4, 0.5) is 0 Å². The van der Waals surface area contributed by atoms with Gasteiger partial charge in [-0.05, 0) is 0 Å². The molecule has 0 amide bonds. The second-order valence-electron chi connectivity index (χ2n) is 13.7. The fraction of sp³-hybridized carbons (Fsp3) is 0.0909. The third-order valence-corrected chi connectivity index (χ3v) is 24.1. The van der Waals surface area contributed by atoms with Crippen molar-refractivity contribution in [2.24, 2.45) is 0 Å². The molecule has 0 spiro atoms. The molecule has 3 aliphatic rings. The predicted octanol–water partition coefficient (Wildman–Crippen LogP) is 5.43. The Hall–Kier alpha value is -4.14. The molecule has 1 saturated heterocycles. The molecule has 5 heteroatoms. The van der Waals surface area contributed by atoms with Crippen LogP contribution in [-0.4, -0.2) is 9.13 Å².